The lowest BCUT2D eigenvalue weighted by Crippen LogP contribution is -2.29. The van der Waals surface area contributed by atoms with Crippen LogP contribution in [0.2, 0.25) is 0 Å². The molecular formula is C15H9N2O2+. The van der Waals surface area contributed by atoms with Gasteiger partial charge in [-0.2, -0.15) is 0 Å². The van der Waals surface area contributed by atoms with Crippen LogP contribution >= 0.6 is 0 Å². The molecule has 1 aromatic rings. The van der Waals surface area contributed by atoms with Crippen LogP contribution in [0.5, 0.6) is 0 Å². The Balaban J connectivity index is 1.98. The van der Waals surface area contributed by atoms with Gasteiger partial charge in [-0.25, -0.2) is 0 Å². The van der Waals surface area contributed by atoms with E-state index < -0.39 is 6.04 Å². The van der Waals surface area contributed by atoms with E-state index in [1.807, 2.05) is 30.3 Å². The molecule has 90 valence electrons. The molecule has 0 spiro atoms. The summed E-state index contributed by atoms with van der Waals surface area (Å²) in [6.45, 7) is 0. The third-order valence-electron chi connectivity index (χ3n) is 3.64. The predicted molar refractivity (Wildman–Crippen MR) is 70.8 cm³/mol. The molecule has 0 amide bonds. The molecule has 1 aliphatic heterocycles. The van der Waals surface area contributed by atoms with Crippen LogP contribution in [0.3, 0.4) is 0 Å². The maximum absolute atomic E-state index is 12.4. The first-order chi connectivity index (χ1) is 9.25. The van der Waals surface area contributed by atoms with Crippen LogP contribution in [-0.2, 0) is 0 Å². The quantitative estimate of drug-likeness (QED) is 0.662. The summed E-state index contributed by atoms with van der Waals surface area (Å²) in [4.78, 5) is 28.3. The van der Waals surface area contributed by atoms with Crippen LogP contribution < -0.4 is 0 Å². The second-order valence-corrected chi connectivity index (χ2v) is 4.69. The molecule has 3 aliphatic rings. The van der Waals surface area contributed by atoms with Crippen molar-refractivity contribution in [2.24, 2.45) is 4.99 Å². The monoisotopic (exact) mass is 249 g/mol. The number of nitroso groups, excluding NO2 is 1. The van der Waals surface area contributed by atoms with E-state index in [0.717, 1.165) is 15.9 Å². The lowest BCUT2D eigenvalue weighted by Gasteiger charge is -2.21. The van der Waals surface area contributed by atoms with Crippen LogP contribution in [-0.4, -0.2) is 22.9 Å². The maximum Gasteiger partial charge on any atom is 0.326 e. The molecule has 0 bridgehead atoms. The van der Waals surface area contributed by atoms with E-state index in [-0.39, 0.29) is 5.78 Å². The first-order valence-electron chi connectivity index (χ1n) is 6.03. The van der Waals surface area contributed by atoms with Crippen molar-refractivity contribution in [3.05, 3.63) is 69.3 Å². The highest BCUT2D eigenvalue weighted by atomic mass is 16.3. The number of hydrogen-bond donors (Lipinski definition) is 0. The van der Waals surface area contributed by atoms with Gasteiger partial charge in [-0.15, -0.1) is 0 Å². The van der Waals surface area contributed by atoms with Crippen molar-refractivity contribution in [1.29, 1.82) is 0 Å². The number of rotatable bonds is 0. The van der Waals surface area contributed by atoms with E-state index in [9.17, 15) is 9.70 Å². The molecule has 1 unspecified atom stereocenters. The van der Waals surface area contributed by atoms with Gasteiger partial charge in [-0.3, -0.25) is 4.79 Å². The van der Waals surface area contributed by atoms with Crippen molar-refractivity contribution in [3.8, 4) is 0 Å². The number of hydrogen-bond acceptors (Lipinski definition) is 3. The minimum absolute atomic E-state index is 0.0244. The van der Waals surface area contributed by atoms with Crippen LogP contribution in [0.1, 0.15) is 15.9 Å². The van der Waals surface area contributed by atoms with Crippen LogP contribution in [0.4, 0.5) is 0 Å². The molecule has 1 aromatic carbocycles. The lowest BCUT2D eigenvalue weighted by molar-refractivity contribution is -0.436. The summed E-state index contributed by atoms with van der Waals surface area (Å²) in [5, 5.41) is 0. The van der Waals surface area contributed by atoms with Crippen molar-refractivity contribution in [3.63, 3.8) is 0 Å². The van der Waals surface area contributed by atoms with E-state index in [0.29, 0.717) is 16.8 Å². The number of aliphatic imine (C=N–C) groups is 1. The largest absolute Gasteiger partial charge is 0.326 e. The average molecular weight is 249 g/mol. The van der Waals surface area contributed by atoms with Crippen molar-refractivity contribution in [2.45, 2.75) is 6.04 Å². The zero-order valence-corrected chi connectivity index (χ0v) is 9.91. The lowest BCUT2D eigenvalue weighted by atomic mass is 9.80. The molecular weight excluding hydrogens is 240 g/mol. The summed E-state index contributed by atoms with van der Waals surface area (Å²) in [7, 11) is 0. The van der Waals surface area contributed by atoms with Gasteiger partial charge in [-0.05, 0) is 33.5 Å². The number of benzene rings is 1. The normalized spacial score (nSPS) is 23.2. The molecule has 4 heteroatoms. The fourth-order valence-corrected chi connectivity index (χ4v) is 2.74. The number of ketones is 1. The standard InChI is InChI=1S/C15H9N2O2/c18-15-10-4-2-1-3-9(10)7-12-11(15)5-6-13-14(12)17(19)8-16-13/h1-8,14H/q+1. The fraction of sp³-hybridized carbons (Fsp3) is 0.0667. The summed E-state index contributed by atoms with van der Waals surface area (Å²) >= 11 is 0. The van der Waals surface area contributed by atoms with Gasteiger partial charge < -0.3 is 0 Å². The second-order valence-electron chi connectivity index (χ2n) is 4.69. The Kier molecular flexibility index (Phi) is 1.87. The molecule has 0 aromatic heterocycles. The Morgan fingerprint density at radius 2 is 2.00 bits per heavy atom. The molecule has 19 heavy (non-hydrogen) atoms. The van der Waals surface area contributed by atoms with Gasteiger partial charge >= 0.3 is 6.34 Å². The van der Waals surface area contributed by atoms with Crippen LogP contribution in [0.15, 0.2) is 58.3 Å². The highest BCUT2D eigenvalue weighted by Crippen LogP contribution is 2.37. The van der Waals surface area contributed by atoms with E-state index >= 15 is 0 Å². The third kappa shape index (κ3) is 1.28. The first-order valence-corrected chi connectivity index (χ1v) is 6.03. The molecule has 0 radical (unpaired) electrons. The highest BCUT2D eigenvalue weighted by Gasteiger charge is 2.43. The van der Waals surface area contributed by atoms with E-state index in [2.05, 4.69) is 4.99 Å². The summed E-state index contributed by atoms with van der Waals surface area (Å²) < 4.78 is 0.798. The number of nitrogens with zero attached hydrogens (tertiary/aromatic N) is 2. The molecule has 4 nitrogen and oxygen atoms in total. The number of Topliss-reactive ketones (excluding diaryl/α,β-unsaturated/α-hetero) is 1. The summed E-state index contributed by atoms with van der Waals surface area (Å²) in [6, 6.07) is 6.96. The second kappa shape index (κ2) is 3.45. The Labute approximate surface area is 109 Å². The van der Waals surface area contributed by atoms with Crippen LogP contribution in [0, 0.1) is 4.91 Å². The van der Waals surface area contributed by atoms with Gasteiger partial charge in [0, 0.05) is 16.7 Å². The number of carbonyl (C=O) groups excluding carboxylic acids is 1. The zero-order valence-electron chi connectivity index (χ0n) is 9.91. The Bertz CT molecular complexity index is 766. The van der Waals surface area contributed by atoms with Crippen molar-refractivity contribution < 1.29 is 9.55 Å². The van der Waals surface area contributed by atoms with E-state index in [4.69, 9.17) is 0 Å². The maximum atomic E-state index is 12.4. The Morgan fingerprint density at radius 1 is 1.16 bits per heavy atom. The number of fused-ring (bicyclic) bond motifs is 4. The van der Waals surface area contributed by atoms with E-state index in [1.54, 1.807) is 12.2 Å². The highest BCUT2D eigenvalue weighted by molar-refractivity contribution is 6.17. The number of allylic oxidation sites excluding steroid dienone is 2. The average Bonchev–Trinajstić information content (AvgIpc) is 2.81. The number of carbonyl (C=O) groups is 1. The molecule has 0 saturated heterocycles. The summed E-state index contributed by atoms with van der Waals surface area (Å²) in [6.07, 6.45) is 6.68. The van der Waals surface area contributed by atoms with E-state index in [1.165, 1.54) is 6.34 Å². The van der Waals surface area contributed by atoms with Gasteiger partial charge in [0.15, 0.2) is 5.78 Å². The minimum atomic E-state index is -0.475. The SMILES string of the molecule is O=C1C2=CC=C3N=C[N+](=O)C3C2=Cc2ccccc21. The molecule has 1 atom stereocenters. The molecule has 2 aliphatic carbocycles. The third-order valence-corrected chi connectivity index (χ3v) is 3.64. The van der Waals surface area contributed by atoms with Crippen LogP contribution in [0.25, 0.3) is 6.08 Å². The van der Waals surface area contributed by atoms with Gasteiger partial charge in [0.2, 0.25) is 11.7 Å². The fourth-order valence-electron chi connectivity index (χ4n) is 2.74. The molecule has 0 fully saturated rings. The predicted octanol–water partition coefficient (Wildman–Crippen LogP) is 2.28. The van der Waals surface area contributed by atoms with Crippen molar-refractivity contribution in [2.75, 3.05) is 0 Å². The first kappa shape index (κ1) is 10.3. The molecule has 1 heterocycles. The van der Waals surface area contributed by atoms with Gasteiger partial charge in [0.1, 0.15) is 0 Å². The van der Waals surface area contributed by atoms with Gasteiger partial charge in [-0.1, -0.05) is 29.2 Å². The zero-order chi connectivity index (χ0) is 13.0. The smallest absolute Gasteiger partial charge is 0.289 e. The summed E-state index contributed by atoms with van der Waals surface area (Å²) in [5.74, 6) is -0.0244. The molecule has 0 N–H and O–H groups in total. The molecule has 4 rings (SSSR count). The minimum Gasteiger partial charge on any atom is -0.289 e. The topological polar surface area (TPSA) is 49.5 Å². The van der Waals surface area contributed by atoms with Gasteiger partial charge in [0.25, 0.3) is 0 Å². The van der Waals surface area contributed by atoms with Crippen molar-refractivity contribution in [1.82, 2.24) is 0 Å². The molecule has 0 saturated carbocycles. The summed E-state index contributed by atoms with van der Waals surface area (Å²) in [5.41, 5.74) is 3.58. The Morgan fingerprint density at radius 3 is 2.89 bits per heavy atom. The Hall–Kier alpha value is -2.62. The van der Waals surface area contributed by atoms with Gasteiger partial charge in [0.05, 0.1) is 0 Å². The van der Waals surface area contributed by atoms with Crippen molar-refractivity contribution >= 4 is 18.2 Å².